The normalized spacial score (nSPS) is 10.3. The van der Waals surface area contributed by atoms with E-state index in [1.165, 1.54) is 19.6 Å². The number of oxazole rings is 1. The Morgan fingerprint density at radius 1 is 1.17 bits per heavy atom. The zero-order valence-electron chi connectivity index (χ0n) is 12.4. The molecule has 0 saturated heterocycles. The Balaban J connectivity index is 1.62. The van der Waals surface area contributed by atoms with Crippen LogP contribution < -0.4 is 4.74 Å². The number of rotatable bonds is 5. The highest BCUT2D eigenvalue weighted by Gasteiger charge is 2.11. The Hall–Kier alpha value is -3.15. The molecule has 0 radical (unpaired) electrons. The Kier molecular flexibility index (Phi) is 4.33. The predicted molar refractivity (Wildman–Crippen MR) is 81.8 cm³/mol. The van der Waals surface area contributed by atoms with Crippen molar-refractivity contribution in [3.63, 3.8) is 0 Å². The molecule has 116 valence electrons. The zero-order valence-corrected chi connectivity index (χ0v) is 12.4. The molecule has 23 heavy (non-hydrogen) atoms. The average Bonchev–Trinajstić information content (AvgIpc) is 3.09. The van der Waals surface area contributed by atoms with Gasteiger partial charge in [-0.2, -0.15) is 0 Å². The molecule has 2 aromatic heterocycles. The summed E-state index contributed by atoms with van der Waals surface area (Å²) in [7, 11) is 1.51. The molecule has 6 heteroatoms. The lowest BCUT2D eigenvalue weighted by Gasteiger charge is -2.03. The Labute approximate surface area is 132 Å². The van der Waals surface area contributed by atoms with Crippen molar-refractivity contribution in [2.45, 2.75) is 6.61 Å². The predicted octanol–water partition coefficient (Wildman–Crippen LogP) is 3.10. The fourth-order valence-corrected chi connectivity index (χ4v) is 1.93. The molecule has 0 amide bonds. The summed E-state index contributed by atoms with van der Waals surface area (Å²) in [6.45, 7) is 0.0290. The number of carbonyl (C=O) groups excluding carboxylic acids is 1. The van der Waals surface area contributed by atoms with Crippen LogP contribution in [0.25, 0.3) is 11.5 Å². The highest BCUT2D eigenvalue weighted by molar-refractivity contribution is 5.89. The summed E-state index contributed by atoms with van der Waals surface area (Å²) in [5.41, 5.74) is 1.75. The fraction of sp³-hybridized carbons (Fsp3) is 0.118. The van der Waals surface area contributed by atoms with Crippen LogP contribution in [0.15, 0.2) is 59.3 Å². The first-order valence-electron chi connectivity index (χ1n) is 6.93. The summed E-state index contributed by atoms with van der Waals surface area (Å²) in [5.74, 6) is 0.442. The third-order valence-corrected chi connectivity index (χ3v) is 3.10. The van der Waals surface area contributed by atoms with Gasteiger partial charge in [-0.05, 0) is 18.2 Å². The molecule has 0 N–H and O–H groups in total. The first-order valence-corrected chi connectivity index (χ1v) is 6.93. The van der Waals surface area contributed by atoms with Crippen LogP contribution in [-0.4, -0.2) is 23.0 Å². The maximum Gasteiger partial charge on any atom is 0.340 e. The minimum atomic E-state index is -0.482. The summed E-state index contributed by atoms with van der Waals surface area (Å²) in [6, 6.07) is 12.7. The molecule has 0 spiro atoms. The smallest absolute Gasteiger partial charge is 0.340 e. The van der Waals surface area contributed by atoms with Crippen LogP contribution in [0.4, 0.5) is 0 Å². The van der Waals surface area contributed by atoms with Crippen molar-refractivity contribution < 1.29 is 18.7 Å². The maximum absolute atomic E-state index is 11.9. The van der Waals surface area contributed by atoms with Crippen molar-refractivity contribution >= 4 is 5.97 Å². The first kappa shape index (κ1) is 14.8. The summed E-state index contributed by atoms with van der Waals surface area (Å²) in [5, 5.41) is 0. The van der Waals surface area contributed by atoms with Gasteiger partial charge in [0.2, 0.25) is 11.8 Å². The number of nitrogens with zero attached hydrogens (tertiary/aromatic N) is 2. The van der Waals surface area contributed by atoms with Crippen molar-refractivity contribution in [2.24, 2.45) is 0 Å². The summed E-state index contributed by atoms with van der Waals surface area (Å²) < 4.78 is 15.5. The number of carbonyl (C=O) groups is 1. The number of benzene rings is 1. The number of hydrogen-bond acceptors (Lipinski definition) is 6. The van der Waals surface area contributed by atoms with E-state index in [0.29, 0.717) is 23.0 Å². The van der Waals surface area contributed by atoms with Crippen LogP contribution in [0.3, 0.4) is 0 Å². The van der Waals surface area contributed by atoms with Crippen molar-refractivity contribution in [2.75, 3.05) is 7.11 Å². The standard InChI is InChI=1S/C17H14N2O4/c1-21-15-8-7-13(9-18-15)17(20)23-11-14-10-22-16(19-14)12-5-3-2-4-6-12/h2-10H,11H2,1H3. The summed E-state index contributed by atoms with van der Waals surface area (Å²) >= 11 is 0. The number of ether oxygens (including phenoxy) is 2. The molecule has 3 aromatic rings. The molecule has 1 aromatic carbocycles. The quantitative estimate of drug-likeness (QED) is 0.674. The van der Waals surface area contributed by atoms with Crippen LogP contribution in [0, 0.1) is 0 Å². The number of aromatic nitrogens is 2. The molecule has 0 aliphatic carbocycles. The van der Waals surface area contributed by atoms with Gasteiger partial charge >= 0.3 is 5.97 Å². The molecular formula is C17H14N2O4. The van der Waals surface area contributed by atoms with Crippen molar-refractivity contribution in [1.29, 1.82) is 0 Å². The van der Waals surface area contributed by atoms with Gasteiger partial charge in [0.25, 0.3) is 0 Å². The van der Waals surface area contributed by atoms with E-state index in [2.05, 4.69) is 9.97 Å². The lowest BCUT2D eigenvalue weighted by Crippen LogP contribution is -2.06. The lowest BCUT2D eigenvalue weighted by atomic mass is 10.2. The van der Waals surface area contributed by atoms with Crippen LogP contribution in [0.5, 0.6) is 5.88 Å². The SMILES string of the molecule is COc1ccc(C(=O)OCc2coc(-c3ccccc3)n2)cn1. The van der Waals surface area contributed by atoms with Crippen molar-refractivity contribution in [1.82, 2.24) is 9.97 Å². The summed E-state index contributed by atoms with van der Waals surface area (Å²) in [6.07, 6.45) is 2.88. The Morgan fingerprint density at radius 3 is 2.70 bits per heavy atom. The van der Waals surface area contributed by atoms with E-state index in [4.69, 9.17) is 13.9 Å². The van der Waals surface area contributed by atoms with Crippen molar-refractivity contribution in [3.05, 3.63) is 66.2 Å². The minimum absolute atomic E-state index is 0.0290. The van der Waals surface area contributed by atoms with E-state index >= 15 is 0 Å². The van der Waals surface area contributed by atoms with Gasteiger partial charge in [0.1, 0.15) is 18.6 Å². The second-order valence-electron chi connectivity index (χ2n) is 4.68. The fourth-order valence-electron chi connectivity index (χ4n) is 1.93. The molecule has 0 aliphatic heterocycles. The Bertz CT molecular complexity index is 782. The second kappa shape index (κ2) is 6.74. The highest BCUT2D eigenvalue weighted by Crippen LogP contribution is 2.18. The van der Waals surface area contributed by atoms with Gasteiger partial charge in [-0.15, -0.1) is 0 Å². The van der Waals surface area contributed by atoms with E-state index in [9.17, 15) is 4.79 Å². The maximum atomic E-state index is 11.9. The third kappa shape index (κ3) is 3.55. The molecule has 3 rings (SSSR count). The van der Waals surface area contributed by atoms with Gasteiger partial charge in [-0.3, -0.25) is 0 Å². The van der Waals surface area contributed by atoms with E-state index in [1.54, 1.807) is 12.1 Å². The third-order valence-electron chi connectivity index (χ3n) is 3.10. The molecule has 0 aliphatic rings. The first-order chi connectivity index (χ1) is 11.3. The minimum Gasteiger partial charge on any atom is -0.481 e. The summed E-state index contributed by atoms with van der Waals surface area (Å²) in [4.78, 5) is 20.2. The molecule has 0 saturated carbocycles. The number of pyridine rings is 1. The van der Waals surface area contributed by atoms with E-state index in [0.717, 1.165) is 5.56 Å². The van der Waals surface area contributed by atoms with Gasteiger partial charge in [0.05, 0.1) is 12.7 Å². The van der Waals surface area contributed by atoms with E-state index < -0.39 is 5.97 Å². The van der Waals surface area contributed by atoms with Gasteiger partial charge < -0.3 is 13.9 Å². The number of hydrogen-bond donors (Lipinski definition) is 0. The van der Waals surface area contributed by atoms with Crippen LogP contribution >= 0.6 is 0 Å². The average molecular weight is 310 g/mol. The second-order valence-corrected chi connectivity index (χ2v) is 4.68. The monoisotopic (exact) mass is 310 g/mol. The number of methoxy groups -OCH3 is 1. The van der Waals surface area contributed by atoms with Crippen molar-refractivity contribution in [3.8, 4) is 17.3 Å². The van der Waals surface area contributed by atoms with E-state index in [-0.39, 0.29) is 6.61 Å². The molecule has 0 unspecified atom stereocenters. The molecular weight excluding hydrogens is 296 g/mol. The van der Waals surface area contributed by atoms with Crippen LogP contribution in [0.2, 0.25) is 0 Å². The van der Waals surface area contributed by atoms with Crippen LogP contribution in [0.1, 0.15) is 16.1 Å². The van der Waals surface area contributed by atoms with Gasteiger partial charge in [-0.1, -0.05) is 18.2 Å². The van der Waals surface area contributed by atoms with Gasteiger partial charge in [0, 0.05) is 17.8 Å². The zero-order chi connectivity index (χ0) is 16.1. The molecule has 0 fully saturated rings. The largest absolute Gasteiger partial charge is 0.481 e. The van der Waals surface area contributed by atoms with E-state index in [1.807, 2.05) is 30.3 Å². The van der Waals surface area contributed by atoms with Gasteiger partial charge in [-0.25, -0.2) is 14.8 Å². The van der Waals surface area contributed by atoms with Gasteiger partial charge in [0.15, 0.2) is 0 Å². The van der Waals surface area contributed by atoms with Crippen LogP contribution in [-0.2, 0) is 11.3 Å². The number of esters is 1. The molecule has 0 atom stereocenters. The lowest BCUT2D eigenvalue weighted by molar-refractivity contribution is 0.0467. The Morgan fingerprint density at radius 2 is 2.00 bits per heavy atom. The molecule has 0 bridgehead atoms. The topological polar surface area (TPSA) is 74.5 Å². The highest BCUT2D eigenvalue weighted by atomic mass is 16.5. The molecule has 2 heterocycles. The molecule has 6 nitrogen and oxygen atoms in total.